The van der Waals surface area contributed by atoms with Crippen LogP contribution in [0.2, 0.25) is 0 Å². The molecule has 120 valence electrons. The minimum absolute atomic E-state index is 0.000880. The SMILES string of the molecule is COC(=O)C1=CC(=O)CCCC(N2CCCC2)=C1C(=O)OC. The Morgan fingerprint density at radius 3 is 2.23 bits per heavy atom. The van der Waals surface area contributed by atoms with Gasteiger partial charge in [0.1, 0.15) is 0 Å². The summed E-state index contributed by atoms with van der Waals surface area (Å²) < 4.78 is 9.60. The molecule has 0 N–H and O–H groups in total. The van der Waals surface area contributed by atoms with E-state index in [1.54, 1.807) is 0 Å². The van der Waals surface area contributed by atoms with E-state index in [2.05, 4.69) is 4.90 Å². The summed E-state index contributed by atoms with van der Waals surface area (Å²) in [5, 5.41) is 0. The van der Waals surface area contributed by atoms with Crippen LogP contribution in [0.4, 0.5) is 0 Å². The Bertz CT molecular complexity index is 541. The minimum atomic E-state index is -0.688. The van der Waals surface area contributed by atoms with Crippen LogP contribution in [0, 0.1) is 0 Å². The summed E-state index contributed by atoms with van der Waals surface area (Å²) in [6.07, 6.45) is 4.89. The number of methoxy groups -OCH3 is 2. The molecule has 0 saturated carbocycles. The molecule has 6 heteroatoms. The molecule has 2 aliphatic rings. The van der Waals surface area contributed by atoms with Crippen molar-refractivity contribution < 1.29 is 23.9 Å². The highest BCUT2D eigenvalue weighted by Crippen LogP contribution is 2.29. The molecule has 0 spiro atoms. The normalized spacial score (nSPS) is 19.5. The molecular weight excluding hydrogens is 286 g/mol. The van der Waals surface area contributed by atoms with Gasteiger partial charge in [0, 0.05) is 25.2 Å². The van der Waals surface area contributed by atoms with Crippen molar-refractivity contribution in [3.8, 4) is 0 Å². The lowest BCUT2D eigenvalue weighted by atomic mass is 9.94. The Balaban J connectivity index is 2.58. The van der Waals surface area contributed by atoms with Gasteiger partial charge in [-0.3, -0.25) is 4.79 Å². The topological polar surface area (TPSA) is 72.9 Å². The molecule has 1 fully saturated rings. The number of esters is 2. The third-order valence-corrected chi connectivity index (χ3v) is 3.98. The van der Waals surface area contributed by atoms with Gasteiger partial charge in [-0.05, 0) is 31.8 Å². The second-order valence-electron chi connectivity index (χ2n) is 5.38. The van der Waals surface area contributed by atoms with Crippen molar-refractivity contribution >= 4 is 17.7 Å². The maximum atomic E-state index is 12.3. The lowest BCUT2D eigenvalue weighted by Gasteiger charge is -2.26. The highest BCUT2D eigenvalue weighted by Gasteiger charge is 2.31. The molecule has 0 radical (unpaired) electrons. The third-order valence-electron chi connectivity index (χ3n) is 3.98. The quantitative estimate of drug-likeness (QED) is 0.733. The molecule has 0 aromatic rings. The van der Waals surface area contributed by atoms with Crippen molar-refractivity contribution in [1.29, 1.82) is 0 Å². The number of hydrogen-bond donors (Lipinski definition) is 0. The highest BCUT2D eigenvalue weighted by atomic mass is 16.5. The molecule has 0 aromatic carbocycles. The molecule has 2 rings (SSSR count). The summed E-state index contributed by atoms with van der Waals surface area (Å²) >= 11 is 0. The molecule has 0 unspecified atom stereocenters. The Labute approximate surface area is 129 Å². The van der Waals surface area contributed by atoms with Crippen molar-refractivity contribution in [1.82, 2.24) is 4.90 Å². The zero-order chi connectivity index (χ0) is 16.1. The number of likely N-dealkylation sites (tertiary alicyclic amines) is 1. The monoisotopic (exact) mass is 307 g/mol. The van der Waals surface area contributed by atoms with Gasteiger partial charge in [0.2, 0.25) is 0 Å². The van der Waals surface area contributed by atoms with Gasteiger partial charge in [0.25, 0.3) is 0 Å². The zero-order valence-corrected chi connectivity index (χ0v) is 13.0. The maximum absolute atomic E-state index is 12.3. The van der Waals surface area contributed by atoms with Gasteiger partial charge < -0.3 is 14.4 Å². The van der Waals surface area contributed by atoms with Crippen LogP contribution in [0.3, 0.4) is 0 Å². The van der Waals surface area contributed by atoms with Crippen molar-refractivity contribution in [2.45, 2.75) is 32.1 Å². The molecule has 1 heterocycles. The van der Waals surface area contributed by atoms with Crippen LogP contribution in [-0.4, -0.2) is 49.9 Å². The molecule has 1 aliphatic carbocycles. The fourth-order valence-electron chi connectivity index (χ4n) is 2.92. The summed E-state index contributed by atoms with van der Waals surface area (Å²) in [7, 11) is 2.50. The number of carbonyl (C=O) groups is 3. The van der Waals surface area contributed by atoms with E-state index in [9.17, 15) is 14.4 Å². The predicted octanol–water partition coefficient (Wildman–Crippen LogP) is 1.36. The van der Waals surface area contributed by atoms with Gasteiger partial charge in [0.05, 0.1) is 25.4 Å². The molecule has 0 aromatic heterocycles. The fraction of sp³-hybridized carbons (Fsp3) is 0.562. The van der Waals surface area contributed by atoms with Gasteiger partial charge in [-0.25, -0.2) is 9.59 Å². The first-order chi connectivity index (χ1) is 10.6. The number of nitrogens with zero attached hydrogens (tertiary/aromatic N) is 1. The summed E-state index contributed by atoms with van der Waals surface area (Å²) in [5.41, 5.74) is 0.957. The zero-order valence-electron chi connectivity index (χ0n) is 13.0. The van der Waals surface area contributed by atoms with Crippen LogP contribution in [0.1, 0.15) is 32.1 Å². The van der Waals surface area contributed by atoms with Crippen molar-refractivity contribution in [3.63, 3.8) is 0 Å². The molecule has 22 heavy (non-hydrogen) atoms. The van der Waals surface area contributed by atoms with Crippen LogP contribution < -0.4 is 0 Å². The molecule has 6 nitrogen and oxygen atoms in total. The molecular formula is C16H21NO5. The second kappa shape index (κ2) is 7.24. The molecule has 0 amide bonds. The van der Waals surface area contributed by atoms with Crippen molar-refractivity contribution in [3.05, 3.63) is 22.9 Å². The highest BCUT2D eigenvalue weighted by molar-refractivity contribution is 6.11. The van der Waals surface area contributed by atoms with E-state index in [0.29, 0.717) is 19.3 Å². The number of rotatable bonds is 3. The van der Waals surface area contributed by atoms with Crippen LogP contribution in [0.25, 0.3) is 0 Å². The fourth-order valence-corrected chi connectivity index (χ4v) is 2.92. The Hall–Kier alpha value is -2.11. The lowest BCUT2D eigenvalue weighted by molar-refractivity contribution is -0.139. The number of ether oxygens (including phenoxy) is 2. The van der Waals surface area contributed by atoms with E-state index < -0.39 is 11.9 Å². The van der Waals surface area contributed by atoms with E-state index in [1.807, 2.05) is 0 Å². The standard InChI is InChI=1S/C16H21NO5/c1-21-15(19)12-10-11(18)6-5-7-13(14(12)16(20)22-2)17-8-3-4-9-17/h10H,3-9H2,1-2H3. The van der Waals surface area contributed by atoms with Gasteiger partial charge in [-0.1, -0.05) is 0 Å². The first-order valence-corrected chi connectivity index (χ1v) is 7.48. The first kappa shape index (κ1) is 16.3. The van der Waals surface area contributed by atoms with E-state index in [1.165, 1.54) is 20.3 Å². The molecule has 1 saturated heterocycles. The van der Waals surface area contributed by atoms with Crippen molar-refractivity contribution in [2.75, 3.05) is 27.3 Å². The average molecular weight is 307 g/mol. The number of ketones is 1. The number of carbonyl (C=O) groups excluding carboxylic acids is 3. The summed E-state index contributed by atoms with van der Waals surface area (Å²) in [6, 6.07) is 0. The van der Waals surface area contributed by atoms with Gasteiger partial charge in [-0.15, -0.1) is 0 Å². The first-order valence-electron chi connectivity index (χ1n) is 7.48. The Kier molecular flexibility index (Phi) is 5.35. The van der Waals surface area contributed by atoms with Gasteiger partial charge in [-0.2, -0.15) is 0 Å². The smallest absolute Gasteiger partial charge is 0.340 e. The van der Waals surface area contributed by atoms with E-state index in [-0.39, 0.29) is 16.9 Å². The largest absolute Gasteiger partial charge is 0.465 e. The minimum Gasteiger partial charge on any atom is -0.465 e. The van der Waals surface area contributed by atoms with Crippen LogP contribution in [0.5, 0.6) is 0 Å². The summed E-state index contributed by atoms with van der Waals surface area (Å²) in [5.74, 6) is -1.47. The summed E-state index contributed by atoms with van der Waals surface area (Å²) in [6.45, 7) is 1.69. The number of allylic oxidation sites excluding steroid dienone is 2. The average Bonchev–Trinajstić information content (AvgIpc) is 3.03. The van der Waals surface area contributed by atoms with Crippen LogP contribution in [0.15, 0.2) is 22.9 Å². The maximum Gasteiger partial charge on any atom is 0.340 e. The van der Waals surface area contributed by atoms with Crippen LogP contribution >= 0.6 is 0 Å². The van der Waals surface area contributed by atoms with Crippen molar-refractivity contribution in [2.24, 2.45) is 0 Å². The van der Waals surface area contributed by atoms with E-state index in [4.69, 9.17) is 9.47 Å². The Morgan fingerprint density at radius 1 is 1.00 bits per heavy atom. The van der Waals surface area contributed by atoms with E-state index >= 15 is 0 Å². The number of hydrogen-bond acceptors (Lipinski definition) is 6. The predicted molar refractivity (Wildman–Crippen MR) is 78.8 cm³/mol. The molecule has 0 atom stereocenters. The lowest BCUT2D eigenvalue weighted by Crippen LogP contribution is -2.27. The second-order valence-corrected chi connectivity index (χ2v) is 5.38. The van der Waals surface area contributed by atoms with Crippen LogP contribution in [-0.2, 0) is 23.9 Å². The third kappa shape index (κ3) is 3.37. The summed E-state index contributed by atoms with van der Waals surface area (Å²) in [4.78, 5) is 38.3. The Morgan fingerprint density at radius 2 is 1.64 bits per heavy atom. The van der Waals surface area contributed by atoms with Gasteiger partial charge in [0.15, 0.2) is 5.78 Å². The molecule has 1 aliphatic heterocycles. The van der Waals surface area contributed by atoms with E-state index in [0.717, 1.165) is 31.6 Å². The van der Waals surface area contributed by atoms with Gasteiger partial charge >= 0.3 is 11.9 Å². The molecule has 0 bridgehead atoms.